The standard InChI is InChI=1S/C23H25N3O/c1-15-18-9-10-24-13-16(18)12-19-22-20(26(3)23(15)19)7-4-8-21(22)27-14-17-6-5-11-25(17)2/h4,7-10,12-13,17H,5-6,11,14H2,1-3H3/t17-/m0/s1. The lowest BCUT2D eigenvalue weighted by Gasteiger charge is -2.20. The molecule has 0 unspecified atom stereocenters. The molecule has 1 atom stereocenters. The summed E-state index contributed by atoms with van der Waals surface area (Å²) in [7, 11) is 4.35. The summed E-state index contributed by atoms with van der Waals surface area (Å²) < 4.78 is 8.68. The van der Waals surface area contributed by atoms with Crippen molar-refractivity contribution in [1.29, 1.82) is 0 Å². The molecule has 138 valence electrons. The minimum Gasteiger partial charge on any atom is -0.491 e. The van der Waals surface area contributed by atoms with Crippen molar-refractivity contribution in [1.82, 2.24) is 14.5 Å². The molecule has 2 aromatic carbocycles. The molecule has 1 aliphatic heterocycles. The molecule has 4 heteroatoms. The summed E-state index contributed by atoms with van der Waals surface area (Å²) in [6, 6.07) is 11.3. The molecule has 4 nitrogen and oxygen atoms in total. The van der Waals surface area contributed by atoms with Crippen molar-refractivity contribution in [3.8, 4) is 5.75 Å². The fourth-order valence-electron chi connectivity index (χ4n) is 4.73. The molecule has 0 spiro atoms. The van der Waals surface area contributed by atoms with E-state index in [2.05, 4.69) is 65.8 Å². The first-order chi connectivity index (χ1) is 13.1. The van der Waals surface area contributed by atoms with Crippen LogP contribution in [0.15, 0.2) is 42.7 Å². The van der Waals surface area contributed by atoms with Gasteiger partial charge in [0.25, 0.3) is 0 Å². The lowest BCUT2D eigenvalue weighted by Crippen LogP contribution is -2.30. The summed E-state index contributed by atoms with van der Waals surface area (Å²) in [4.78, 5) is 6.73. The maximum absolute atomic E-state index is 6.38. The molecular weight excluding hydrogens is 334 g/mol. The summed E-state index contributed by atoms with van der Waals surface area (Å²) in [5.74, 6) is 0.987. The first-order valence-electron chi connectivity index (χ1n) is 9.72. The molecule has 0 amide bonds. The second-order valence-corrected chi connectivity index (χ2v) is 7.79. The average molecular weight is 359 g/mol. The van der Waals surface area contributed by atoms with Gasteiger partial charge in [-0.1, -0.05) is 6.07 Å². The number of nitrogens with zero attached hydrogens (tertiary/aromatic N) is 3. The Morgan fingerprint density at radius 2 is 2.07 bits per heavy atom. The number of rotatable bonds is 3. The molecule has 0 radical (unpaired) electrons. The van der Waals surface area contributed by atoms with Crippen LogP contribution in [-0.2, 0) is 7.05 Å². The van der Waals surface area contributed by atoms with Gasteiger partial charge in [-0.2, -0.15) is 0 Å². The first kappa shape index (κ1) is 16.6. The minimum atomic E-state index is 0.516. The number of likely N-dealkylation sites (N-methyl/N-ethyl adjacent to an activating group) is 1. The highest BCUT2D eigenvalue weighted by atomic mass is 16.5. The number of likely N-dealkylation sites (tertiary alicyclic amines) is 1. The predicted molar refractivity (Wildman–Crippen MR) is 112 cm³/mol. The minimum absolute atomic E-state index is 0.516. The Labute approximate surface area is 159 Å². The largest absolute Gasteiger partial charge is 0.491 e. The van der Waals surface area contributed by atoms with Gasteiger partial charge in [0.1, 0.15) is 12.4 Å². The van der Waals surface area contributed by atoms with E-state index < -0.39 is 0 Å². The third-order valence-corrected chi connectivity index (χ3v) is 6.24. The van der Waals surface area contributed by atoms with Gasteiger partial charge in [0.05, 0.1) is 11.0 Å². The number of hydrogen-bond acceptors (Lipinski definition) is 3. The van der Waals surface area contributed by atoms with E-state index >= 15 is 0 Å². The summed E-state index contributed by atoms with van der Waals surface area (Å²) in [6.45, 7) is 4.13. The molecule has 27 heavy (non-hydrogen) atoms. The van der Waals surface area contributed by atoms with Crippen LogP contribution in [0.3, 0.4) is 0 Å². The van der Waals surface area contributed by atoms with E-state index in [1.54, 1.807) is 0 Å². The maximum Gasteiger partial charge on any atom is 0.129 e. The molecule has 1 fully saturated rings. The monoisotopic (exact) mass is 359 g/mol. The third kappa shape index (κ3) is 2.51. The fraction of sp³-hybridized carbons (Fsp3) is 0.348. The van der Waals surface area contributed by atoms with Crippen molar-refractivity contribution in [2.24, 2.45) is 7.05 Å². The van der Waals surface area contributed by atoms with Gasteiger partial charge in [-0.3, -0.25) is 4.98 Å². The number of aromatic nitrogens is 2. The van der Waals surface area contributed by atoms with Crippen LogP contribution in [0.2, 0.25) is 0 Å². The van der Waals surface area contributed by atoms with E-state index in [9.17, 15) is 0 Å². The Balaban J connectivity index is 1.70. The Bertz CT molecular complexity index is 1160. The van der Waals surface area contributed by atoms with Gasteiger partial charge in [-0.05, 0) is 68.6 Å². The molecule has 0 N–H and O–H groups in total. The van der Waals surface area contributed by atoms with E-state index in [1.807, 2.05) is 12.4 Å². The summed E-state index contributed by atoms with van der Waals surface area (Å²) in [5, 5.41) is 4.91. The lowest BCUT2D eigenvalue weighted by atomic mass is 10.0. The highest BCUT2D eigenvalue weighted by Gasteiger charge is 2.22. The van der Waals surface area contributed by atoms with E-state index in [0.717, 1.165) is 12.4 Å². The summed E-state index contributed by atoms with van der Waals surface area (Å²) >= 11 is 0. The molecule has 3 heterocycles. The Hall–Kier alpha value is -2.59. The van der Waals surface area contributed by atoms with Crippen LogP contribution in [0.5, 0.6) is 5.75 Å². The van der Waals surface area contributed by atoms with Gasteiger partial charge in [-0.25, -0.2) is 0 Å². The van der Waals surface area contributed by atoms with Crippen LogP contribution in [0.25, 0.3) is 32.6 Å². The zero-order chi connectivity index (χ0) is 18.5. The van der Waals surface area contributed by atoms with E-state index in [4.69, 9.17) is 4.74 Å². The Kier molecular flexibility index (Phi) is 3.83. The quantitative estimate of drug-likeness (QED) is 0.533. The zero-order valence-corrected chi connectivity index (χ0v) is 16.2. The number of ether oxygens (including phenoxy) is 1. The predicted octanol–water partition coefficient (Wildman–Crippen LogP) is 4.66. The Morgan fingerprint density at radius 3 is 2.89 bits per heavy atom. The molecule has 5 rings (SSSR count). The van der Waals surface area contributed by atoms with Crippen molar-refractivity contribution in [3.63, 3.8) is 0 Å². The van der Waals surface area contributed by atoms with E-state index in [0.29, 0.717) is 6.04 Å². The average Bonchev–Trinajstić information content (AvgIpc) is 3.22. The van der Waals surface area contributed by atoms with Crippen molar-refractivity contribution in [2.75, 3.05) is 20.2 Å². The molecule has 4 aromatic rings. The highest BCUT2D eigenvalue weighted by molar-refractivity contribution is 6.16. The van der Waals surface area contributed by atoms with Crippen molar-refractivity contribution in [3.05, 3.63) is 48.3 Å². The van der Waals surface area contributed by atoms with Gasteiger partial charge >= 0.3 is 0 Å². The molecule has 2 aromatic heterocycles. The summed E-state index contributed by atoms with van der Waals surface area (Å²) in [6.07, 6.45) is 6.31. The highest BCUT2D eigenvalue weighted by Crippen LogP contribution is 2.39. The van der Waals surface area contributed by atoms with Crippen LogP contribution >= 0.6 is 0 Å². The fourth-order valence-corrected chi connectivity index (χ4v) is 4.73. The van der Waals surface area contributed by atoms with E-state index in [1.165, 1.54) is 57.5 Å². The second-order valence-electron chi connectivity index (χ2n) is 7.79. The number of benzene rings is 2. The van der Waals surface area contributed by atoms with Gasteiger partial charge in [0, 0.05) is 41.6 Å². The van der Waals surface area contributed by atoms with Gasteiger partial charge < -0.3 is 14.2 Å². The molecule has 0 aliphatic carbocycles. The second kappa shape index (κ2) is 6.24. The van der Waals surface area contributed by atoms with Crippen molar-refractivity contribution in [2.45, 2.75) is 25.8 Å². The van der Waals surface area contributed by atoms with Crippen LogP contribution in [0.4, 0.5) is 0 Å². The maximum atomic E-state index is 6.38. The van der Waals surface area contributed by atoms with Gasteiger partial charge in [0.2, 0.25) is 0 Å². The molecule has 0 saturated carbocycles. The van der Waals surface area contributed by atoms with Crippen LogP contribution in [0, 0.1) is 6.92 Å². The smallest absolute Gasteiger partial charge is 0.129 e. The van der Waals surface area contributed by atoms with Crippen molar-refractivity contribution >= 4 is 32.6 Å². The van der Waals surface area contributed by atoms with Gasteiger partial charge in [-0.15, -0.1) is 0 Å². The number of pyridine rings is 1. The molecule has 1 aliphatic rings. The third-order valence-electron chi connectivity index (χ3n) is 6.24. The number of fused-ring (bicyclic) bond motifs is 4. The number of aryl methyl sites for hydroxylation is 2. The molecule has 1 saturated heterocycles. The topological polar surface area (TPSA) is 30.3 Å². The van der Waals surface area contributed by atoms with Crippen LogP contribution in [0.1, 0.15) is 18.4 Å². The molecular formula is C23H25N3O. The lowest BCUT2D eigenvalue weighted by molar-refractivity contribution is 0.200. The molecule has 0 bridgehead atoms. The number of hydrogen-bond donors (Lipinski definition) is 0. The summed E-state index contributed by atoms with van der Waals surface area (Å²) in [5.41, 5.74) is 3.79. The normalized spacial score (nSPS) is 18.1. The van der Waals surface area contributed by atoms with Crippen molar-refractivity contribution < 1.29 is 4.74 Å². The first-order valence-corrected chi connectivity index (χ1v) is 9.72. The SMILES string of the molecule is Cc1c2ccncc2cc2c3c(OC[C@@H]4CCCN4C)cccc3n(C)c12. The van der Waals surface area contributed by atoms with Crippen LogP contribution < -0.4 is 4.74 Å². The van der Waals surface area contributed by atoms with Gasteiger partial charge in [0.15, 0.2) is 0 Å². The van der Waals surface area contributed by atoms with E-state index in [-0.39, 0.29) is 0 Å². The Morgan fingerprint density at radius 1 is 1.19 bits per heavy atom. The van der Waals surface area contributed by atoms with Crippen LogP contribution in [-0.4, -0.2) is 40.7 Å². The zero-order valence-electron chi connectivity index (χ0n) is 16.2.